The van der Waals surface area contributed by atoms with Crippen molar-refractivity contribution in [1.82, 2.24) is 15.0 Å². The van der Waals surface area contributed by atoms with Crippen molar-refractivity contribution in [2.75, 3.05) is 13.1 Å². The molecular weight excluding hydrogens is 282 g/mol. The number of pyridine rings is 1. The van der Waals surface area contributed by atoms with Gasteiger partial charge in [-0.15, -0.1) is 0 Å². The summed E-state index contributed by atoms with van der Waals surface area (Å²) in [5.74, 6) is 0. The molecule has 1 fully saturated rings. The van der Waals surface area contributed by atoms with E-state index in [1.165, 1.54) is 5.56 Å². The van der Waals surface area contributed by atoms with E-state index in [4.69, 9.17) is 0 Å². The molecule has 0 saturated carbocycles. The Bertz CT molecular complexity index is 547. The first-order chi connectivity index (χ1) is 9.92. The number of aromatic nitrogens is 1. The van der Waals surface area contributed by atoms with Crippen LogP contribution in [0.25, 0.3) is 0 Å². The molecule has 3 rings (SSSR count). The topological polar surface area (TPSA) is 54.0 Å². The van der Waals surface area contributed by atoms with E-state index in [0.717, 1.165) is 38.0 Å². The van der Waals surface area contributed by atoms with Gasteiger partial charge in [-0.1, -0.05) is 6.07 Å². The minimum atomic E-state index is -1.07. The molecule has 0 bridgehead atoms. The molecule has 2 atom stereocenters. The highest BCUT2D eigenvalue weighted by atomic mass is 32.2. The number of rotatable bonds is 2. The summed E-state index contributed by atoms with van der Waals surface area (Å²) in [6.07, 6.45) is 5.13. The third-order valence-corrected chi connectivity index (χ3v) is 6.30. The van der Waals surface area contributed by atoms with Crippen LogP contribution in [0.4, 0.5) is 0 Å². The maximum atomic E-state index is 12.6. The fourth-order valence-corrected chi connectivity index (χ4v) is 4.42. The van der Waals surface area contributed by atoms with E-state index in [1.54, 1.807) is 0 Å². The van der Waals surface area contributed by atoms with Gasteiger partial charge in [0.2, 0.25) is 0 Å². The number of piperidine rings is 1. The van der Waals surface area contributed by atoms with Gasteiger partial charge in [-0.3, -0.25) is 4.98 Å². The summed E-state index contributed by atoms with van der Waals surface area (Å²) in [4.78, 5) is 4.61. The molecule has 2 unspecified atom stereocenters. The SMILES string of the molecule is CC(C)(C)S(=O)NC1c2ncccc2CC12CCNCC2. The van der Waals surface area contributed by atoms with Crippen LogP contribution in [0.1, 0.15) is 50.9 Å². The standard InChI is InChI=1S/C16H25N3OS/c1-15(2,3)21(20)19-14-13-12(5-4-8-18-13)11-16(14)6-9-17-10-7-16/h4-5,8,14,17,19H,6-7,9-11H2,1-3H3. The van der Waals surface area contributed by atoms with E-state index < -0.39 is 11.0 Å². The Labute approximate surface area is 129 Å². The lowest BCUT2D eigenvalue weighted by Crippen LogP contribution is -2.46. The lowest BCUT2D eigenvalue weighted by molar-refractivity contribution is 0.163. The number of nitrogens with one attached hydrogen (secondary N) is 2. The van der Waals surface area contributed by atoms with Crippen molar-refractivity contribution in [3.63, 3.8) is 0 Å². The maximum Gasteiger partial charge on any atom is 0.0976 e. The van der Waals surface area contributed by atoms with Gasteiger partial charge in [-0.25, -0.2) is 8.93 Å². The third kappa shape index (κ3) is 2.79. The molecule has 2 aliphatic rings. The van der Waals surface area contributed by atoms with Crippen molar-refractivity contribution < 1.29 is 4.21 Å². The highest BCUT2D eigenvalue weighted by Crippen LogP contribution is 2.50. The van der Waals surface area contributed by atoms with Gasteiger partial charge in [-0.05, 0) is 70.2 Å². The third-order valence-electron chi connectivity index (χ3n) is 4.73. The van der Waals surface area contributed by atoms with Crippen molar-refractivity contribution in [3.8, 4) is 0 Å². The largest absolute Gasteiger partial charge is 0.317 e. The molecule has 4 nitrogen and oxygen atoms in total. The number of fused-ring (bicyclic) bond motifs is 1. The first kappa shape index (κ1) is 15.1. The highest BCUT2D eigenvalue weighted by Gasteiger charge is 2.48. The van der Waals surface area contributed by atoms with E-state index in [1.807, 2.05) is 33.0 Å². The normalized spacial score (nSPS) is 25.8. The van der Waals surface area contributed by atoms with Crippen LogP contribution in [-0.4, -0.2) is 27.0 Å². The monoisotopic (exact) mass is 307 g/mol. The second-order valence-corrected chi connectivity index (χ2v) is 9.27. The zero-order valence-corrected chi connectivity index (χ0v) is 13.9. The van der Waals surface area contributed by atoms with Crippen molar-refractivity contribution in [2.24, 2.45) is 5.41 Å². The van der Waals surface area contributed by atoms with Crippen molar-refractivity contribution in [3.05, 3.63) is 29.6 Å². The molecule has 0 aromatic carbocycles. The molecule has 2 heterocycles. The van der Waals surface area contributed by atoms with E-state index >= 15 is 0 Å². The van der Waals surface area contributed by atoms with Gasteiger partial charge in [0, 0.05) is 6.20 Å². The lowest BCUT2D eigenvalue weighted by atomic mass is 9.74. The Balaban J connectivity index is 1.94. The minimum Gasteiger partial charge on any atom is -0.317 e. The van der Waals surface area contributed by atoms with E-state index in [-0.39, 0.29) is 16.2 Å². The fraction of sp³-hybridized carbons (Fsp3) is 0.688. The van der Waals surface area contributed by atoms with Crippen molar-refractivity contribution in [2.45, 2.75) is 50.8 Å². The first-order valence-corrected chi connectivity index (χ1v) is 8.90. The summed E-state index contributed by atoms with van der Waals surface area (Å²) in [6, 6.07) is 4.29. The minimum absolute atomic E-state index is 0.107. The van der Waals surface area contributed by atoms with Gasteiger partial charge in [0.1, 0.15) is 0 Å². The van der Waals surface area contributed by atoms with Crippen molar-refractivity contribution in [1.29, 1.82) is 0 Å². The molecule has 1 aromatic rings. The smallest absolute Gasteiger partial charge is 0.0976 e. The van der Waals surface area contributed by atoms with Crippen molar-refractivity contribution >= 4 is 11.0 Å². The van der Waals surface area contributed by atoms with E-state index in [2.05, 4.69) is 21.1 Å². The second kappa shape index (κ2) is 5.45. The van der Waals surface area contributed by atoms with Gasteiger partial charge in [-0.2, -0.15) is 0 Å². The molecule has 1 aliphatic carbocycles. The average Bonchev–Trinajstić information content (AvgIpc) is 2.72. The van der Waals surface area contributed by atoms with Gasteiger partial charge < -0.3 is 5.32 Å². The maximum absolute atomic E-state index is 12.6. The van der Waals surface area contributed by atoms with Crippen LogP contribution in [0.3, 0.4) is 0 Å². The summed E-state index contributed by atoms with van der Waals surface area (Å²) in [7, 11) is -1.07. The van der Waals surface area contributed by atoms with Crippen LogP contribution in [0, 0.1) is 5.41 Å². The molecule has 0 radical (unpaired) electrons. The molecule has 1 spiro atoms. The summed E-state index contributed by atoms with van der Waals surface area (Å²) in [6.45, 7) is 8.11. The van der Waals surface area contributed by atoms with Crippen LogP contribution >= 0.6 is 0 Å². The fourth-order valence-electron chi connectivity index (χ4n) is 3.49. The molecule has 21 heavy (non-hydrogen) atoms. The van der Waals surface area contributed by atoms with Crippen LogP contribution < -0.4 is 10.0 Å². The molecule has 116 valence electrons. The van der Waals surface area contributed by atoms with Crippen LogP contribution in [-0.2, 0) is 17.4 Å². The Morgan fingerprint density at radius 2 is 2.10 bits per heavy atom. The predicted octanol–water partition coefficient (Wildman–Crippen LogP) is 2.10. The molecule has 2 N–H and O–H groups in total. The van der Waals surface area contributed by atoms with E-state index in [0.29, 0.717) is 0 Å². The predicted molar refractivity (Wildman–Crippen MR) is 86.2 cm³/mol. The summed E-state index contributed by atoms with van der Waals surface area (Å²) in [5, 5.41) is 3.44. The zero-order valence-electron chi connectivity index (χ0n) is 13.1. The lowest BCUT2D eigenvalue weighted by Gasteiger charge is -2.40. The summed E-state index contributed by atoms with van der Waals surface area (Å²) in [5.41, 5.74) is 2.60. The molecular formula is C16H25N3OS. The Morgan fingerprint density at radius 3 is 2.76 bits per heavy atom. The summed E-state index contributed by atoms with van der Waals surface area (Å²) < 4.78 is 15.8. The van der Waals surface area contributed by atoms with Gasteiger partial charge >= 0.3 is 0 Å². The van der Waals surface area contributed by atoms with Gasteiger partial charge in [0.25, 0.3) is 0 Å². The molecule has 1 aliphatic heterocycles. The van der Waals surface area contributed by atoms with E-state index in [9.17, 15) is 4.21 Å². The van der Waals surface area contributed by atoms with Gasteiger partial charge in [0.15, 0.2) is 0 Å². The first-order valence-electron chi connectivity index (χ1n) is 7.75. The molecule has 0 amide bonds. The molecule has 1 aromatic heterocycles. The quantitative estimate of drug-likeness (QED) is 0.880. The Morgan fingerprint density at radius 1 is 1.38 bits per heavy atom. The Kier molecular flexibility index (Phi) is 3.93. The summed E-state index contributed by atoms with van der Waals surface area (Å²) >= 11 is 0. The average molecular weight is 307 g/mol. The van der Waals surface area contributed by atoms with Crippen LogP contribution in [0.5, 0.6) is 0 Å². The van der Waals surface area contributed by atoms with Crippen LogP contribution in [0.15, 0.2) is 18.3 Å². The van der Waals surface area contributed by atoms with Crippen LogP contribution in [0.2, 0.25) is 0 Å². The Hall–Kier alpha value is -0.780. The molecule has 1 saturated heterocycles. The second-order valence-electron chi connectivity index (χ2n) is 7.27. The van der Waals surface area contributed by atoms with Gasteiger partial charge in [0.05, 0.1) is 27.5 Å². The zero-order chi connectivity index (χ0) is 15.1. The number of hydrogen-bond acceptors (Lipinski definition) is 3. The molecule has 5 heteroatoms. The highest BCUT2D eigenvalue weighted by molar-refractivity contribution is 7.84. The number of nitrogens with zero attached hydrogens (tertiary/aromatic N) is 1. The number of hydrogen-bond donors (Lipinski definition) is 2.